The van der Waals surface area contributed by atoms with Gasteiger partial charge in [-0.1, -0.05) is 68.1 Å². The van der Waals surface area contributed by atoms with Crippen molar-refractivity contribution in [2.75, 3.05) is 0 Å². The highest BCUT2D eigenvalue weighted by Crippen LogP contribution is 2.27. The van der Waals surface area contributed by atoms with E-state index in [-0.39, 0.29) is 11.9 Å². The zero-order valence-electron chi connectivity index (χ0n) is 17.4. The predicted octanol–water partition coefficient (Wildman–Crippen LogP) is 6.22. The number of pyridine rings is 1. The second kappa shape index (κ2) is 9.01. The van der Waals surface area contributed by atoms with Gasteiger partial charge in [0.15, 0.2) is 0 Å². The third-order valence-corrected chi connectivity index (χ3v) is 5.24. The van der Waals surface area contributed by atoms with Crippen LogP contribution in [0.4, 0.5) is 0 Å². The van der Waals surface area contributed by atoms with Gasteiger partial charge >= 0.3 is 0 Å². The Hall–Kier alpha value is -2.68. The van der Waals surface area contributed by atoms with Gasteiger partial charge in [0.1, 0.15) is 0 Å². The zero-order chi connectivity index (χ0) is 20.1. The van der Waals surface area contributed by atoms with E-state index in [2.05, 4.69) is 51.2 Å². The predicted molar refractivity (Wildman–Crippen MR) is 118 cm³/mol. The van der Waals surface area contributed by atoms with E-state index in [9.17, 15) is 4.79 Å². The van der Waals surface area contributed by atoms with E-state index in [1.54, 1.807) is 0 Å². The van der Waals surface area contributed by atoms with Crippen LogP contribution >= 0.6 is 0 Å². The van der Waals surface area contributed by atoms with Gasteiger partial charge in [0.25, 0.3) is 5.91 Å². The average Bonchev–Trinajstić information content (AvgIpc) is 2.67. The van der Waals surface area contributed by atoms with Crippen molar-refractivity contribution < 1.29 is 4.79 Å². The van der Waals surface area contributed by atoms with E-state index in [1.807, 2.05) is 30.3 Å². The van der Waals surface area contributed by atoms with Crippen LogP contribution in [0.5, 0.6) is 0 Å². The van der Waals surface area contributed by atoms with E-state index < -0.39 is 0 Å². The van der Waals surface area contributed by atoms with Crippen molar-refractivity contribution in [3.63, 3.8) is 0 Å². The highest BCUT2D eigenvalue weighted by Gasteiger charge is 2.16. The number of para-hydroxylation sites is 1. The number of carbonyl (C=O) groups excluding carboxylic acids is 1. The van der Waals surface area contributed by atoms with Gasteiger partial charge in [-0.15, -0.1) is 0 Å². The number of rotatable bonds is 7. The minimum atomic E-state index is -0.0198. The molecule has 0 fully saturated rings. The number of fused-ring (bicyclic) bond motifs is 1. The summed E-state index contributed by atoms with van der Waals surface area (Å²) in [6.07, 6.45) is 4.54. The molecule has 28 heavy (non-hydrogen) atoms. The number of benzene rings is 2. The molecule has 1 heterocycles. The van der Waals surface area contributed by atoms with Crippen LogP contribution in [0.2, 0.25) is 0 Å². The molecular weight excluding hydrogens is 344 g/mol. The topological polar surface area (TPSA) is 42.0 Å². The summed E-state index contributed by atoms with van der Waals surface area (Å²) in [5.41, 5.74) is 5.86. The van der Waals surface area contributed by atoms with Gasteiger partial charge in [0.2, 0.25) is 0 Å². The van der Waals surface area contributed by atoms with Crippen molar-refractivity contribution in [3.8, 4) is 11.3 Å². The van der Waals surface area contributed by atoms with Crippen molar-refractivity contribution in [1.29, 1.82) is 0 Å². The molecule has 3 rings (SSSR count). The van der Waals surface area contributed by atoms with Crippen LogP contribution in [0.25, 0.3) is 22.2 Å². The number of aryl methyl sites for hydroxylation is 2. The fourth-order valence-corrected chi connectivity index (χ4v) is 3.68. The first kappa shape index (κ1) is 20.1. The van der Waals surface area contributed by atoms with Gasteiger partial charge in [-0.2, -0.15) is 0 Å². The molecule has 0 aliphatic carbocycles. The fourth-order valence-electron chi connectivity index (χ4n) is 3.68. The standard InChI is InChI=1S/C25H30N2O/c1-5-6-7-10-19(4)26-25(28)22-16-24(20-14-13-17(2)15-18(20)3)27-23-12-9-8-11-21(22)23/h8-9,11-16,19H,5-7,10H2,1-4H3,(H,26,28). The Kier molecular flexibility index (Phi) is 6.45. The van der Waals surface area contributed by atoms with Crippen molar-refractivity contribution in [2.45, 2.75) is 59.4 Å². The van der Waals surface area contributed by atoms with Crippen LogP contribution in [0.3, 0.4) is 0 Å². The summed E-state index contributed by atoms with van der Waals surface area (Å²) < 4.78 is 0. The number of nitrogens with zero attached hydrogens (tertiary/aromatic N) is 1. The lowest BCUT2D eigenvalue weighted by Gasteiger charge is -2.16. The van der Waals surface area contributed by atoms with Gasteiger partial charge in [0.05, 0.1) is 16.8 Å². The smallest absolute Gasteiger partial charge is 0.252 e. The molecule has 1 atom stereocenters. The molecule has 1 aromatic heterocycles. The molecule has 146 valence electrons. The lowest BCUT2D eigenvalue weighted by atomic mass is 9.99. The monoisotopic (exact) mass is 374 g/mol. The van der Waals surface area contributed by atoms with Gasteiger partial charge in [-0.05, 0) is 44.9 Å². The van der Waals surface area contributed by atoms with Gasteiger partial charge < -0.3 is 5.32 Å². The SMILES string of the molecule is CCCCCC(C)NC(=O)c1cc(-c2ccc(C)cc2C)nc2ccccc12. The highest BCUT2D eigenvalue weighted by atomic mass is 16.1. The van der Waals surface area contributed by atoms with Crippen molar-refractivity contribution in [3.05, 3.63) is 65.2 Å². The molecule has 3 aromatic rings. The Labute approximate surface area is 168 Å². The molecule has 1 N–H and O–H groups in total. The maximum absolute atomic E-state index is 13.1. The maximum Gasteiger partial charge on any atom is 0.252 e. The summed E-state index contributed by atoms with van der Waals surface area (Å²) in [7, 11) is 0. The lowest BCUT2D eigenvalue weighted by Crippen LogP contribution is -2.32. The number of nitrogens with one attached hydrogen (secondary N) is 1. The minimum absolute atomic E-state index is 0.0198. The Balaban J connectivity index is 1.98. The summed E-state index contributed by atoms with van der Waals surface area (Å²) in [5.74, 6) is -0.0198. The number of hydrogen-bond acceptors (Lipinski definition) is 2. The molecule has 0 spiro atoms. The van der Waals surface area contributed by atoms with Crippen molar-refractivity contribution in [2.24, 2.45) is 0 Å². The van der Waals surface area contributed by atoms with E-state index in [0.29, 0.717) is 5.56 Å². The first-order chi connectivity index (χ1) is 13.5. The van der Waals surface area contributed by atoms with E-state index in [4.69, 9.17) is 4.98 Å². The first-order valence-electron chi connectivity index (χ1n) is 10.3. The zero-order valence-corrected chi connectivity index (χ0v) is 17.4. The second-order valence-corrected chi connectivity index (χ2v) is 7.76. The summed E-state index contributed by atoms with van der Waals surface area (Å²) in [6, 6.07) is 16.3. The number of unbranched alkanes of at least 4 members (excludes halogenated alkanes) is 2. The Morgan fingerprint density at radius 3 is 2.61 bits per heavy atom. The van der Waals surface area contributed by atoms with Crippen LogP contribution in [0.1, 0.15) is 61.0 Å². The second-order valence-electron chi connectivity index (χ2n) is 7.76. The number of aromatic nitrogens is 1. The number of carbonyl (C=O) groups is 1. The largest absolute Gasteiger partial charge is 0.350 e. The fraction of sp³-hybridized carbons (Fsp3) is 0.360. The normalized spacial score (nSPS) is 12.1. The minimum Gasteiger partial charge on any atom is -0.350 e. The van der Waals surface area contributed by atoms with Gasteiger partial charge in [-0.25, -0.2) is 4.98 Å². The van der Waals surface area contributed by atoms with Crippen LogP contribution in [0, 0.1) is 13.8 Å². The Morgan fingerprint density at radius 1 is 1.07 bits per heavy atom. The van der Waals surface area contributed by atoms with Gasteiger partial charge in [-0.3, -0.25) is 4.79 Å². The third kappa shape index (κ3) is 4.59. The van der Waals surface area contributed by atoms with Gasteiger partial charge in [0, 0.05) is 17.0 Å². The average molecular weight is 375 g/mol. The molecular formula is C25H30N2O. The molecule has 0 aliphatic heterocycles. The molecule has 3 heteroatoms. The molecule has 0 radical (unpaired) electrons. The molecule has 0 aliphatic rings. The molecule has 3 nitrogen and oxygen atoms in total. The van der Waals surface area contributed by atoms with Crippen molar-refractivity contribution in [1.82, 2.24) is 10.3 Å². The lowest BCUT2D eigenvalue weighted by molar-refractivity contribution is 0.0939. The highest BCUT2D eigenvalue weighted by molar-refractivity contribution is 6.07. The molecule has 1 unspecified atom stereocenters. The third-order valence-electron chi connectivity index (χ3n) is 5.24. The Bertz CT molecular complexity index is 977. The maximum atomic E-state index is 13.1. The van der Waals surface area contributed by atoms with E-state index in [1.165, 1.54) is 24.0 Å². The van der Waals surface area contributed by atoms with Crippen LogP contribution in [-0.2, 0) is 0 Å². The van der Waals surface area contributed by atoms with Crippen LogP contribution in [0.15, 0.2) is 48.5 Å². The number of hydrogen-bond donors (Lipinski definition) is 1. The van der Waals surface area contributed by atoms with E-state index >= 15 is 0 Å². The molecule has 2 aromatic carbocycles. The summed E-state index contributed by atoms with van der Waals surface area (Å²) in [6.45, 7) is 8.46. The quantitative estimate of drug-likeness (QED) is 0.499. The summed E-state index contributed by atoms with van der Waals surface area (Å²) in [5, 5.41) is 4.08. The van der Waals surface area contributed by atoms with Crippen LogP contribution < -0.4 is 5.32 Å². The molecule has 1 amide bonds. The molecule has 0 saturated heterocycles. The first-order valence-corrected chi connectivity index (χ1v) is 10.3. The van der Waals surface area contributed by atoms with E-state index in [0.717, 1.165) is 35.0 Å². The molecule has 0 saturated carbocycles. The number of amides is 1. The summed E-state index contributed by atoms with van der Waals surface area (Å²) >= 11 is 0. The Morgan fingerprint density at radius 2 is 1.86 bits per heavy atom. The van der Waals surface area contributed by atoms with Crippen molar-refractivity contribution >= 4 is 16.8 Å². The van der Waals surface area contributed by atoms with Crippen LogP contribution in [-0.4, -0.2) is 16.9 Å². The molecule has 0 bridgehead atoms. The summed E-state index contributed by atoms with van der Waals surface area (Å²) in [4.78, 5) is 17.9.